The van der Waals surface area contributed by atoms with E-state index in [1.807, 2.05) is 77.4 Å². The largest absolute Gasteiger partial charge is 0.507 e. The summed E-state index contributed by atoms with van der Waals surface area (Å²) in [4.78, 5) is 10.3. The van der Waals surface area contributed by atoms with Crippen LogP contribution in [0.15, 0.2) is 134 Å². The summed E-state index contributed by atoms with van der Waals surface area (Å²) in [5.74, 6) is 0.538. The van der Waals surface area contributed by atoms with Gasteiger partial charge in [-0.05, 0) is 86.7 Å². The van der Waals surface area contributed by atoms with Crippen molar-refractivity contribution in [1.29, 1.82) is 0 Å². The minimum atomic E-state index is -3.39. The van der Waals surface area contributed by atoms with E-state index in [0.29, 0.717) is 61.6 Å². The van der Waals surface area contributed by atoms with E-state index in [2.05, 4.69) is 80.5 Å². The number of pyridine rings is 1. The number of fused-ring (bicyclic) bond motifs is 1. The molecule has 8 rings (SSSR count). The van der Waals surface area contributed by atoms with Crippen LogP contribution in [0.2, 0.25) is 0 Å². The van der Waals surface area contributed by atoms with Crippen molar-refractivity contribution in [2.75, 3.05) is 0 Å². The molecule has 0 spiro atoms. The van der Waals surface area contributed by atoms with Crippen LogP contribution in [0.3, 0.4) is 0 Å². The van der Waals surface area contributed by atoms with Crippen molar-refractivity contribution < 1.29 is 42.6 Å². The monoisotopic (exact) mass is 1040 g/mol. The van der Waals surface area contributed by atoms with Gasteiger partial charge in [-0.2, -0.15) is 0 Å². The molecular formula is C59H62N3OPt-. The van der Waals surface area contributed by atoms with Gasteiger partial charge >= 0.3 is 0 Å². The third kappa shape index (κ3) is 9.18. The second-order valence-electron chi connectivity index (χ2n) is 19.7. The molecule has 5 heteroatoms. The van der Waals surface area contributed by atoms with Gasteiger partial charge < -0.3 is 5.11 Å². The van der Waals surface area contributed by atoms with Gasteiger partial charge in [0.15, 0.2) is 0 Å². The molecule has 0 amide bonds. The van der Waals surface area contributed by atoms with Gasteiger partial charge in [0.2, 0.25) is 0 Å². The maximum atomic E-state index is 12.5. The standard InChI is InChI=1S/C59H62N3O.Pt/c1-37-22-27-51(47(30-37)39-18-15-14-16-19-39)62-52-21-17-20-46(53(52)61-55(62)48-35-45(58(8,9)10)36-49(54(48)63)59(11,12)13)41-31-42(33-44(32-41)57(5,6)7)50-34-40(28-29-60-50)38-23-25-43(26-24-38)56(2,3)4;/h14-30,32-36,63H,1-13H3;/q-1;/i1D3,2D3,3D3,4D3;. The first-order chi connectivity index (χ1) is 34.5. The SMILES string of the molecule is [2H]C([2H])([2H])c1ccc(-n2c(-c3cc(C(C)(C)C)cc(C(C)(C)C)c3O)nc3c(-c4[c-]c(-c5cc(-c6ccc(C(C([2H])([2H])[2H])(C([2H])([2H])[2H])C([2H])([2H])[2H])cc6)ccn5)cc(C(C)(C)C)c4)cccc32)c(-c2ccccc2)c1.[Pt]. The number of phenolic OH excluding ortho intramolecular Hbond substituents is 1. The van der Waals surface area contributed by atoms with E-state index in [0.717, 1.165) is 27.8 Å². The average Bonchev–Trinajstić information content (AvgIpc) is 3.68. The second kappa shape index (κ2) is 17.1. The molecular weight excluding hydrogens is 962 g/mol. The number of aromatic nitrogens is 3. The van der Waals surface area contributed by atoms with Crippen LogP contribution in [0.4, 0.5) is 0 Å². The molecule has 64 heavy (non-hydrogen) atoms. The molecule has 2 aromatic heterocycles. The summed E-state index contributed by atoms with van der Waals surface area (Å²) in [5.41, 5.74) is 6.04. The van der Waals surface area contributed by atoms with E-state index in [9.17, 15) is 5.11 Å². The van der Waals surface area contributed by atoms with Crippen molar-refractivity contribution in [3.63, 3.8) is 0 Å². The Hall–Kier alpha value is -5.57. The number of benzene rings is 6. The fraction of sp³-hybridized carbons (Fsp3) is 0.288. The summed E-state index contributed by atoms with van der Waals surface area (Å²) < 4.78 is 101. The maximum absolute atomic E-state index is 12.5. The van der Waals surface area contributed by atoms with Crippen LogP contribution in [0, 0.1) is 12.9 Å². The molecule has 0 aliphatic rings. The van der Waals surface area contributed by atoms with Gasteiger partial charge in [-0.3, -0.25) is 9.55 Å². The molecule has 0 radical (unpaired) electrons. The van der Waals surface area contributed by atoms with Crippen LogP contribution in [0.25, 0.3) is 72.7 Å². The van der Waals surface area contributed by atoms with E-state index in [-0.39, 0.29) is 48.8 Å². The number of nitrogens with zero attached hydrogens (tertiary/aromatic N) is 3. The van der Waals surface area contributed by atoms with Gasteiger partial charge in [0.05, 0.1) is 22.3 Å². The van der Waals surface area contributed by atoms with Gasteiger partial charge in [0.1, 0.15) is 11.6 Å². The van der Waals surface area contributed by atoms with Crippen molar-refractivity contribution in [2.45, 2.75) is 111 Å². The maximum Gasteiger partial charge on any atom is 0.148 e. The first-order valence-corrected chi connectivity index (χ1v) is 21.3. The van der Waals surface area contributed by atoms with Gasteiger partial charge in [0, 0.05) is 60.5 Å². The Labute approximate surface area is 413 Å². The van der Waals surface area contributed by atoms with Gasteiger partial charge in [-0.25, -0.2) is 4.98 Å². The van der Waals surface area contributed by atoms with E-state index in [4.69, 9.17) is 26.4 Å². The van der Waals surface area contributed by atoms with Gasteiger partial charge in [0.25, 0.3) is 0 Å². The van der Waals surface area contributed by atoms with Crippen molar-refractivity contribution in [2.24, 2.45) is 0 Å². The Morgan fingerprint density at radius 1 is 0.562 bits per heavy atom. The van der Waals surface area contributed by atoms with Crippen molar-refractivity contribution in [3.05, 3.63) is 167 Å². The quantitative estimate of drug-likeness (QED) is 0.169. The number of para-hydroxylation sites is 1. The number of hydrogen-bond donors (Lipinski definition) is 1. The smallest absolute Gasteiger partial charge is 0.148 e. The number of aryl methyl sites for hydroxylation is 1. The zero-order valence-electron chi connectivity index (χ0n) is 49.8. The second-order valence-corrected chi connectivity index (χ2v) is 19.7. The molecule has 0 saturated heterocycles. The molecule has 330 valence electrons. The first-order valence-electron chi connectivity index (χ1n) is 27.3. The fourth-order valence-electron chi connectivity index (χ4n) is 8.09. The van der Waals surface area contributed by atoms with Crippen LogP contribution >= 0.6 is 0 Å². The number of rotatable bonds is 6. The minimum absolute atomic E-state index is 0. The third-order valence-electron chi connectivity index (χ3n) is 11.7. The molecule has 6 aromatic carbocycles. The Morgan fingerprint density at radius 2 is 1.25 bits per heavy atom. The number of aromatic hydroxyl groups is 1. The molecule has 0 unspecified atom stereocenters. The van der Waals surface area contributed by atoms with Gasteiger partial charge in [-0.1, -0.05) is 184 Å². The summed E-state index contributed by atoms with van der Waals surface area (Å²) in [7, 11) is 0. The molecule has 4 nitrogen and oxygen atoms in total. The van der Waals surface area contributed by atoms with Crippen molar-refractivity contribution in [3.8, 4) is 67.5 Å². The summed E-state index contributed by atoms with van der Waals surface area (Å²) in [5, 5.41) is 12.5. The third-order valence-corrected chi connectivity index (χ3v) is 11.7. The Morgan fingerprint density at radius 3 is 1.91 bits per heavy atom. The summed E-state index contributed by atoms with van der Waals surface area (Å²) in [6, 6.07) is 41.7. The first kappa shape index (κ1) is 33.0. The minimum Gasteiger partial charge on any atom is -0.507 e. The molecule has 0 atom stereocenters. The average molecular weight is 1040 g/mol. The van der Waals surface area contributed by atoms with Crippen LogP contribution in [0.1, 0.15) is 127 Å². The van der Waals surface area contributed by atoms with E-state index >= 15 is 0 Å². The Balaban J connectivity index is 0.00000840. The molecule has 0 saturated carbocycles. The summed E-state index contributed by atoms with van der Waals surface area (Å²) in [6.07, 6.45) is 1.63. The summed E-state index contributed by atoms with van der Waals surface area (Å²) >= 11 is 0. The molecule has 0 aliphatic carbocycles. The van der Waals surface area contributed by atoms with Crippen LogP contribution in [-0.4, -0.2) is 19.6 Å². The Bertz CT molecular complexity index is 3410. The summed E-state index contributed by atoms with van der Waals surface area (Å²) in [6.45, 7) is 6.35. The normalized spacial score (nSPS) is 16.0. The number of hydrogen-bond acceptors (Lipinski definition) is 3. The molecule has 0 bridgehead atoms. The zero-order chi connectivity index (χ0) is 55.2. The van der Waals surface area contributed by atoms with Gasteiger partial charge in [-0.15, -0.1) is 29.3 Å². The molecule has 8 aromatic rings. The molecule has 0 fully saturated rings. The number of imidazole rings is 1. The Kier molecular flexibility index (Phi) is 8.81. The molecule has 0 aliphatic heterocycles. The van der Waals surface area contributed by atoms with E-state index in [1.54, 1.807) is 24.4 Å². The van der Waals surface area contributed by atoms with E-state index in [1.165, 1.54) is 24.3 Å². The van der Waals surface area contributed by atoms with Crippen LogP contribution in [-0.2, 0) is 42.7 Å². The van der Waals surface area contributed by atoms with E-state index < -0.39 is 38.2 Å². The van der Waals surface area contributed by atoms with Crippen molar-refractivity contribution in [1.82, 2.24) is 14.5 Å². The van der Waals surface area contributed by atoms with Crippen LogP contribution in [0.5, 0.6) is 5.75 Å². The molecule has 1 N–H and O–H groups in total. The molecule has 2 heterocycles. The van der Waals surface area contributed by atoms with Crippen molar-refractivity contribution >= 4 is 11.0 Å². The zero-order valence-corrected chi connectivity index (χ0v) is 40.1. The topological polar surface area (TPSA) is 50.9 Å². The fourth-order valence-corrected chi connectivity index (χ4v) is 8.09. The predicted molar refractivity (Wildman–Crippen MR) is 266 cm³/mol. The predicted octanol–water partition coefficient (Wildman–Crippen LogP) is 15.8. The van der Waals surface area contributed by atoms with Crippen LogP contribution < -0.4 is 0 Å². The number of phenols is 1.